The summed E-state index contributed by atoms with van der Waals surface area (Å²) in [7, 11) is 0. The van der Waals surface area contributed by atoms with E-state index in [1.54, 1.807) is 6.92 Å². The Morgan fingerprint density at radius 1 is 1.11 bits per heavy atom. The molecule has 27 heavy (non-hydrogen) atoms. The molecule has 146 valence electrons. The van der Waals surface area contributed by atoms with Crippen molar-refractivity contribution in [1.29, 1.82) is 0 Å². The molecule has 1 saturated heterocycles. The second-order valence-electron chi connectivity index (χ2n) is 7.76. The second kappa shape index (κ2) is 6.95. The number of hydrogen-bond donors (Lipinski definition) is 2. The third kappa shape index (κ3) is 3.55. The molecule has 0 spiro atoms. The van der Waals surface area contributed by atoms with Crippen LogP contribution in [0, 0.1) is 6.92 Å². The molecule has 0 atom stereocenters. The highest BCUT2D eigenvalue weighted by Gasteiger charge is 2.41. The molecule has 2 N–H and O–H groups in total. The number of amides is 2. The lowest BCUT2D eigenvalue weighted by Crippen LogP contribution is -2.51. The summed E-state index contributed by atoms with van der Waals surface area (Å²) in [6.07, 6.45) is 5.65. The van der Waals surface area contributed by atoms with Crippen LogP contribution in [0.2, 0.25) is 0 Å². The van der Waals surface area contributed by atoms with Crippen molar-refractivity contribution < 1.29 is 18.6 Å². The van der Waals surface area contributed by atoms with E-state index < -0.39 is 5.54 Å². The largest absolute Gasteiger partial charge is 0.381 e. The van der Waals surface area contributed by atoms with Crippen LogP contribution < -0.4 is 10.6 Å². The fourth-order valence-corrected chi connectivity index (χ4v) is 3.99. The number of carbonyl (C=O) groups is 1. The summed E-state index contributed by atoms with van der Waals surface area (Å²) >= 11 is 0. The molecule has 2 amide bonds. The van der Waals surface area contributed by atoms with Crippen molar-refractivity contribution in [3.05, 3.63) is 23.5 Å². The monoisotopic (exact) mass is 375 g/mol. The zero-order valence-corrected chi connectivity index (χ0v) is 15.7. The predicted molar refractivity (Wildman–Crippen MR) is 95.2 cm³/mol. The molecule has 2 aromatic rings. The zero-order chi connectivity index (χ0) is 18.9. The molecule has 0 radical (unpaired) electrons. The van der Waals surface area contributed by atoms with E-state index in [-0.39, 0.29) is 11.4 Å². The van der Waals surface area contributed by atoms with Gasteiger partial charge in [-0.1, -0.05) is 30.1 Å². The fourth-order valence-electron chi connectivity index (χ4n) is 3.99. The maximum absolute atomic E-state index is 12.6. The molecule has 2 fully saturated rings. The third-order valence-electron chi connectivity index (χ3n) is 5.69. The van der Waals surface area contributed by atoms with Crippen molar-refractivity contribution in [3.63, 3.8) is 0 Å². The van der Waals surface area contributed by atoms with Crippen LogP contribution in [-0.2, 0) is 15.7 Å². The van der Waals surface area contributed by atoms with E-state index in [2.05, 4.69) is 32.9 Å². The molecule has 2 aliphatic rings. The highest BCUT2D eigenvalue weighted by atomic mass is 16.5. The van der Waals surface area contributed by atoms with Crippen molar-refractivity contribution in [1.82, 2.24) is 20.6 Å². The Balaban J connectivity index is 1.47. The number of aryl methyl sites for hydroxylation is 1. The molecule has 1 aliphatic carbocycles. The van der Waals surface area contributed by atoms with Gasteiger partial charge in [0.05, 0.1) is 0 Å². The van der Waals surface area contributed by atoms with Gasteiger partial charge in [-0.25, -0.2) is 4.79 Å². The van der Waals surface area contributed by atoms with Crippen LogP contribution in [0.1, 0.15) is 62.9 Å². The Kier molecular flexibility index (Phi) is 4.63. The Labute approximate surface area is 157 Å². The molecule has 3 heterocycles. The third-order valence-corrected chi connectivity index (χ3v) is 5.69. The van der Waals surface area contributed by atoms with Crippen molar-refractivity contribution in [3.8, 4) is 0 Å². The Hall–Kier alpha value is -2.42. The molecule has 2 aromatic heterocycles. The number of anilines is 1. The van der Waals surface area contributed by atoms with Crippen LogP contribution in [0.15, 0.2) is 15.1 Å². The minimum atomic E-state index is -0.742. The van der Waals surface area contributed by atoms with E-state index in [0.717, 1.165) is 18.6 Å². The topological polar surface area (TPSA) is 115 Å². The number of urea groups is 1. The molecule has 4 rings (SSSR count). The Bertz CT molecular complexity index is 802. The number of hydrogen-bond acceptors (Lipinski definition) is 7. The summed E-state index contributed by atoms with van der Waals surface area (Å²) in [6.45, 7) is 4.95. The van der Waals surface area contributed by atoms with E-state index in [4.69, 9.17) is 13.8 Å². The molecule has 0 aromatic carbocycles. The van der Waals surface area contributed by atoms with Gasteiger partial charge >= 0.3 is 6.03 Å². The van der Waals surface area contributed by atoms with Gasteiger partial charge in [0.2, 0.25) is 0 Å². The van der Waals surface area contributed by atoms with E-state index in [0.29, 0.717) is 43.6 Å². The molecule has 9 nitrogen and oxygen atoms in total. The maximum Gasteiger partial charge on any atom is 0.321 e. The summed E-state index contributed by atoms with van der Waals surface area (Å²) in [5.41, 5.74) is -0.736. The van der Waals surface area contributed by atoms with E-state index in [9.17, 15) is 4.79 Å². The first-order chi connectivity index (χ1) is 13.0. The first-order valence-electron chi connectivity index (χ1n) is 9.44. The predicted octanol–water partition coefficient (Wildman–Crippen LogP) is 3.03. The van der Waals surface area contributed by atoms with Gasteiger partial charge in [-0.15, -0.1) is 0 Å². The van der Waals surface area contributed by atoms with Crippen LogP contribution in [-0.4, -0.2) is 34.5 Å². The maximum atomic E-state index is 12.6. The lowest BCUT2D eigenvalue weighted by atomic mass is 9.86. The van der Waals surface area contributed by atoms with Gasteiger partial charge in [0.25, 0.3) is 5.89 Å². The minimum absolute atomic E-state index is 0.00657. The number of carbonyl (C=O) groups excluding carboxylic acids is 1. The molecule has 1 aliphatic heterocycles. The Morgan fingerprint density at radius 3 is 2.52 bits per heavy atom. The first-order valence-corrected chi connectivity index (χ1v) is 9.44. The van der Waals surface area contributed by atoms with Crippen molar-refractivity contribution >= 4 is 11.8 Å². The number of ether oxygens (including phenoxy) is 1. The van der Waals surface area contributed by atoms with Crippen LogP contribution in [0.5, 0.6) is 0 Å². The van der Waals surface area contributed by atoms with E-state index in [1.165, 1.54) is 12.8 Å². The molecular formula is C18H25N5O4. The zero-order valence-electron chi connectivity index (χ0n) is 15.7. The highest BCUT2D eigenvalue weighted by Crippen LogP contribution is 2.41. The molecule has 0 unspecified atom stereocenters. The van der Waals surface area contributed by atoms with Gasteiger partial charge in [0, 0.05) is 37.5 Å². The van der Waals surface area contributed by atoms with E-state index >= 15 is 0 Å². The lowest BCUT2D eigenvalue weighted by molar-refractivity contribution is 0.0285. The number of rotatable bonds is 4. The minimum Gasteiger partial charge on any atom is -0.381 e. The van der Waals surface area contributed by atoms with Crippen molar-refractivity contribution in [2.45, 2.75) is 63.3 Å². The fraction of sp³-hybridized carbons (Fsp3) is 0.667. The lowest BCUT2D eigenvalue weighted by Gasteiger charge is -2.34. The molecular weight excluding hydrogens is 350 g/mol. The standard InChI is InChI=1S/C18H25N5O4/c1-12-19-15(27-22-12)18(7-9-25-10-8-18)21-16(24)20-14-11-13(26-23-14)17(2)5-3-4-6-17/h11H,3-10H2,1-2H3,(H2,20,21,23,24). The quantitative estimate of drug-likeness (QED) is 0.844. The van der Waals surface area contributed by atoms with Crippen LogP contribution >= 0.6 is 0 Å². The summed E-state index contributed by atoms with van der Waals surface area (Å²) in [5, 5.41) is 13.6. The highest BCUT2D eigenvalue weighted by molar-refractivity contribution is 5.88. The average molecular weight is 375 g/mol. The van der Waals surface area contributed by atoms with Gasteiger partial charge in [0.1, 0.15) is 11.3 Å². The van der Waals surface area contributed by atoms with E-state index in [1.807, 2.05) is 6.07 Å². The van der Waals surface area contributed by atoms with Gasteiger partial charge in [0.15, 0.2) is 11.6 Å². The number of aromatic nitrogens is 3. The smallest absolute Gasteiger partial charge is 0.321 e. The van der Waals surface area contributed by atoms with Crippen LogP contribution in [0.4, 0.5) is 10.6 Å². The van der Waals surface area contributed by atoms with Crippen LogP contribution in [0.3, 0.4) is 0 Å². The van der Waals surface area contributed by atoms with Crippen LogP contribution in [0.25, 0.3) is 0 Å². The van der Waals surface area contributed by atoms with Crippen molar-refractivity contribution in [2.24, 2.45) is 0 Å². The summed E-state index contributed by atoms with van der Waals surface area (Å²) < 4.78 is 16.3. The van der Waals surface area contributed by atoms with Gasteiger partial charge in [-0.05, 0) is 19.8 Å². The number of nitrogens with one attached hydrogen (secondary N) is 2. The van der Waals surface area contributed by atoms with Crippen molar-refractivity contribution in [2.75, 3.05) is 18.5 Å². The normalized spacial score (nSPS) is 21.1. The summed E-state index contributed by atoms with van der Waals surface area (Å²) in [4.78, 5) is 17.0. The molecule has 1 saturated carbocycles. The van der Waals surface area contributed by atoms with Gasteiger partial charge in [-0.2, -0.15) is 4.98 Å². The SMILES string of the molecule is Cc1noc(C2(NC(=O)Nc3cc(C4(C)CCCC4)on3)CCOCC2)n1. The molecule has 9 heteroatoms. The Morgan fingerprint density at radius 2 is 1.85 bits per heavy atom. The average Bonchev–Trinajstić information content (AvgIpc) is 3.38. The number of nitrogens with zero attached hydrogens (tertiary/aromatic N) is 3. The molecule has 0 bridgehead atoms. The van der Waals surface area contributed by atoms with Gasteiger partial charge < -0.3 is 19.1 Å². The first kappa shape index (κ1) is 18.0. The summed E-state index contributed by atoms with van der Waals surface area (Å²) in [5.74, 6) is 2.16. The summed E-state index contributed by atoms with van der Waals surface area (Å²) in [6, 6.07) is 1.43. The second-order valence-corrected chi connectivity index (χ2v) is 7.76. The van der Waals surface area contributed by atoms with Gasteiger partial charge in [-0.3, -0.25) is 5.32 Å².